The van der Waals surface area contributed by atoms with Gasteiger partial charge < -0.3 is 8.85 Å². The molecule has 0 aromatic carbocycles. The first-order valence-corrected chi connectivity index (χ1v) is 7.65. The van der Waals surface area contributed by atoms with Crippen LogP contribution in [0.3, 0.4) is 0 Å². The van der Waals surface area contributed by atoms with Crippen molar-refractivity contribution in [3.8, 4) is 0 Å². The van der Waals surface area contributed by atoms with E-state index in [-0.39, 0.29) is 5.04 Å². The Morgan fingerprint density at radius 2 is 1.71 bits per heavy atom. The molecule has 0 saturated carbocycles. The second-order valence-electron chi connectivity index (χ2n) is 4.74. The Hall–Kier alpha value is 0.137. The normalized spacial score (nSPS) is 16.7. The van der Waals surface area contributed by atoms with Crippen LogP contribution in [0.5, 0.6) is 0 Å². The lowest BCUT2D eigenvalue weighted by atomic mass is 10.2. The van der Waals surface area contributed by atoms with Crippen LogP contribution < -0.4 is 0 Å². The van der Waals surface area contributed by atoms with Crippen LogP contribution in [0.2, 0.25) is 11.1 Å². The summed E-state index contributed by atoms with van der Waals surface area (Å²) in [6.45, 7) is 11.7. The van der Waals surface area contributed by atoms with Gasteiger partial charge in [-0.2, -0.15) is 0 Å². The van der Waals surface area contributed by atoms with E-state index < -0.39 is 8.56 Å². The SMILES string of the molecule is CCCC[Si](OC)(OCC)C(C)(C)C. The predicted octanol–water partition coefficient (Wildman–Crippen LogP) is 3.71. The molecule has 0 aromatic heterocycles. The number of hydrogen-bond donors (Lipinski definition) is 0. The molecule has 0 aliphatic carbocycles. The van der Waals surface area contributed by atoms with Crippen LogP contribution in [0.15, 0.2) is 0 Å². The van der Waals surface area contributed by atoms with Gasteiger partial charge in [0.2, 0.25) is 0 Å². The summed E-state index contributed by atoms with van der Waals surface area (Å²) in [4.78, 5) is 0. The first kappa shape index (κ1) is 14.1. The van der Waals surface area contributed by atoms with Crippen LogP contribution in [0.1, 0.15) is 47.5 Å². The third-order valence-electron chi connectivity index (χ3n) is 2.71. The summed E-state index contributed by atoms with van der Waals surface area (Å²) in [6.07, 6.45) is 2.42. The van der Waals surface area contributed by atoms with Crippen LogP contribution in [-0.2, 0) is 8.85 Å². The summed E-state index contributed by atoms with van der Waals surface area (Å²) >= 11 is 0. The topological polar surface area (TPSA) is 18.5 Å². The Kier molecular flexibility index (Phi) is 5.94. The van der Waals surface area contributed by atoms with Gasteiger partial charge in [-0.15, -0.1) is 0 Å². The molecule has 3 heteroatoms. The molecule has 86 valence electrons. The van der Waals surface area contributed by atoms with E-state index in [1.807, 2.05) is 7.11 Å². The molecular formula is C11H26O2Si. The molecule has 14 heavy (non-hydrogen) atoms. The summed E-state index contributed by atoms with van der Waals surface area (Å²) in [6, 6.07) is 1.11. The molecule has 0 aromatic rings. The summed E-state index contributed by atoms with van der Waals surface area (Å²) < 4.78 is 11.7. The maximum absolute atomic E-state index is 5.96. The second kappa shape index (κ2) is 5.88. The molecule has 0 aliphatic heterocycles. The zero-order valence-electron chi connectivity index (χ0n) is 10.6. The van der Waals surface area contributed by atoms with E-state index >= 15 is 0 Å². The molecule has 1 unspecified atom stereocenters. The lowest BCUT2D eigenvalue weighted by molar-refractivity contribution is 0.183. The van der Waals surface area contributed by atoms with Crippen LogP contribution in [0.25, 0.3) is 0 Å². The molecule has 0 spiro atoms. The van der Waals surface area contributed by atoms with Gasteiger partial charge in [0.05, 0.1) is 0 Å². The number of hydrogen-bond acceptors (Lipinski definition) is 2. The van der Waals surface area contributed by atoms with E-state index in [0.29, 0.717) is 0 Å². The second-order valence-corrected chi connectivity index (χ2v) is 8.95. The van der Waals surface area contributed by atoms with Crippen molar-refractivity contribution in [2.45, 2.75) is 58.5 Å². The third-order valence-corrected chi connectivity index (χ3v) is 7.42. The first-order valence-electron chi connectivity index (χ1n) is 5.62. The minimum atomic E-state index is -1.99. The van der Waals surface area contributed by atoms with E-state index in [4.69, 9.17) is 8.85 Å². The summed E-state index contributed by atoms with van der Waals surface area (Å²) in [5.41, 5.74) is 0. The van der Waals surface area contributed by atoms with Crippen molar-refractivity contribution in [3.63, 3.8) is 0 Å². The lowest BCUT2D eigenvalue weighted by Gasteiger charge is -2.39. The first-order chi connectivity index (χ1) is 6.43. The van der Waals surface area contributed by atoms with Gasteiger partial charge in [0.1, 0.15) is 0 Å². The van der Waals surface area contributed by atoms with Crippen molar-refractivity contribution in [1.29, 1.82) is 0 Å². The largest absolute Gasteiger partial charge is 0.397 e. The maximum Gasteiger partial charge on any atom is 0.343 e. The molecule has 0 bridgehead atoms. The van der Waals surface area contributed by atoms with Gasteiger partial charge in [-0.25, -0.2) is 0 Å². The molecule has 0 fully saturated rings. The fourth-order valence-electron chi connectivity index (χ4n) is 1.77. The molecule has 0 heterocycles. The van der Waals surface area contributed by atoms with Gasteiger partial charge in [-0.3, -0.25) is 0 Å². The zero-order chi connectivity index (χ0) is 11.2. The quantitative estimate of drug-likeness (QED) is 0.633. The molecule has 0 saturated heterocycles. The van der Waals surface area contributed by atoms with Crippen molar-refractivity contribution in [2.24, 2.45) is 0 Å². The molecule has 0 radical (unpaired) electrons. The molecule has 0 rings (SSSR count). The molecule has 0 amide bonds. The van der Waals surface area contributed by atoms with Gasteiger partial charge in [0.15, 0.2) is 0 Å². The van der Waals surface area contributed by atoms with Crippen molar-refractivity contribution < 1.29 is 8.85 Å². The summed E-state index contributed by atoms with van der Waals surface area (Å²) in [5.74, 6) is 0. The van der Waals surface area contributed by atoms with Gasteiger partial charge in [0.25, 0.3) is 0 Å². The Morgan fingerprint density at radius 3 is 2.00 bits per heavy atom. The maximum atomic E-state index is 5.96. The number of rotatable bonds is 6. The Balaban J connectivity index is 4.60. The van der Waals surface area contributed by atoms with Gasteiger partial charge in [-0.05, 0) is 13.0 Å². The van der Waals surface area contributed by atoms with E-state index in [0.717, 1.165) is 12.7 Å². The summed E-state index contributed by atoms with van der Waals surface area (Å²) in [7, 11) is -0.184. The third kappa shape index (κ3) is 3.37. The highest BCUT2D eigenvalue weighted by atomic mass is 28.4. The zero-order valence-corrected chi connectivity index (χ0v) is 11.6. The van der Waals surface area contributed by atoms with Crippen molar-refractivity contribution >= 4 is 8.56 Å². The fourth-order valence-corrected chi connectivity index (χ4v) is 5.32. The number of unbranched alkanes of at least 4 members (excludes halogenated alkanes) is 1. The Morgan fingerprint density at radius 1 is 1.14 bits per heavy atom. The van der Waals surface area contributed by atoms with Crippen LogP contribution in [0, 0.1) is 0 Å². The highest BCUT2D eigenvalue weighted by Gasteiger charge is 2.47. The molecule has 1 atom stereocenters. The minimum absolute atomic E-state index is 0.160. The van der Waals surface area contributed by atoms with Gasteiger partial charge in [-0.1, -0.05) is 40.5 Å². The lowest BCUT2D eigenvalue weighted by Crippen LogP contribution is -2.49. The molecule has 0 aliphatic rings. The van der Waals surface area contributed by atoms with Crippen LogP contribution in [0.4, 0.5) is 0 Å². The van der Waals surface area contributed by atoms with E-state index in [9.17, 15) is 0 Å². The minimum Gasteiger partial charge on any atom is -0.397 e. The van der Waals surface area contributed by atoms with Gasteiger partial charge >= 0.3 is 8.56 Å². The van der Waals surface area contributed by atoms with Crippen molar-refractivity contribution in [3.05, 3.63) is 0 Å². The summed E-state index contributed by atoms with van der Waals surface area (Å²) in [5, 5.41) is 0.160. The Bertz CT molecular complexity index is 154. The fraction of sp³-hybridized carbons (Fsp3) is 1.00. The molecule has 0 N–H and O–H groups in total. The standard InChI is InChI=1S/C11H26O2Si/c1-7-9-10-14(12-6,13-8-2)11(3,4)5/h7-10H2,1-6H3. The van der Waals surface area contributed by atoms with Crippen molar-refractivity contribution in [1.82, 2.24) is 0 Å². The smallest absolute Gasteiger partial charge is 0.343 e. The molecular weight excluding hydrogens is 192 g/mol. The Labute approximate surface area is 90.2 Å². The molecule has 2 nitrogen and oxygen atoms in total. The van der Waals surface area contributed by atoms with E-state index in [2.05, 4.69) is 34.6 Å². The monoisotopic (exact) mass is 218 g/mol. The highest BCUT2D eigenvalue weighted by Crippen LogP contribution is 2.40. The highest BCUT2D eigenvalue weighted by molar-refractivity contribution is 6.70. The van der Waals surface area contributed by atoms with Gasteiger partial charge in [0, 0.05) is 18.8 Å². The average Bonchev–Trinajstić information content (AvgIpc) is 2.10. The average molecular weight is 218 g/mol. The van der Waals surface area contributed by atoms with Crippen LogP contribution >= 0.6 is 0 Å². The van der Waals surface area contributed by atoms with E-state index in [1.165, 1.54) is 12.8 Å². The van der Waals surface area contributed by atoms with E-state index in [1.54, 1.807) is 0 Å². The van der Waals surface area contributed by atoms with Crippen molar-refractivity contribution in [2.75, 3.05) is 13.7 Å². The van der Waals surface area contributed by atoms with Crippen LogP contribution in [-0.4, -0.2) is 22.3 Å². The predicted molar refractivity (Wildman–Crippen MR) is 63.8 cm³/mol.